The Morgan fingerprint density at radius 2 is 1.70 bits per heavy atom. The number of hydrogen-bond donors (Lipinski definition) is 4. The molecule has 4 amide bonds. The number of nitrogens with one attached hydrogen (secondary N) is 4. The van der Waals surface area contributed by atoms with Crippen molar-refractivity contribution < 1.29 is 38.1 Å². The van der Waals surface area contributed by atoms with Crippen LogP contribution in [-0.4, -0.2) is 106 Å². The molecule has 7 atom stereocenters. The van der Waals surface area contributed by atoms with Crippen molar-refractivity contribution in [2.24, 2.45) is 5.92 Å². The number of rotatable bonds is 10. The van der Waals surface area contributed by atoms with Crippen molar-refractivity contribution in [2.75, 3.05) is 27.9 Å². The maximum Gasteiger partial charge on any atom is 0.407 e. The first kappa shape index (κ1) is 40.6. The van der Waals surface area contributed by atoms with Gasteiger partial charge in [-0.15, -0.1) is 0 Å². The fraction of sp³-hybridized carbons (Fsp3) is 0.455. The van der Waals surface area contributed by atoms with Gasteiger partial charge >= 0.3 is 12.2 Å². The SMILES string of the molecule is CCC(NC(=O)OC)C(=O)N1[C@@H](C)CC[C@H]1c1ncc(-c2ccc3c(c2)COc2cc4c(ccc5[nH]c([C@@H]6C[C@H](C)CN6C(=O)[C@@H](NC(=O)OC)[C@@H](C)OC)nc54)cc2-3)[nH]1. The van der Waals surface area contributed by atoms with Crippen molar-refractivity contribution in [3.8, 4) is 28.1 Å². The summed E-state index contributed by atoms with van der Waals surface area (Å²) in [7, 11) is 4.05. The number of ether oxygens (including phenoxy) is 4. The largest absolute Gasteiger partial charge is 0.488 e. The second-order valence-electron chi connectivity index (χ2n) is 16.2. The third-order valence-electron chi connectivity index (χ3n) is 12.4. The van der Waals surface area contributed by atoms with E-state index in [1.165, 1.54) is 21.3 Å². The van der Waals surface area contributed by atoms with E-state index in [0.717, 1.165) is 68.3 Å². The number of alkyl carbamates (subject to hydrolysis) is 2. The van der Waals surface area contributed by atoms with Crippen molar-refractivity contribution in [2.45, 2.75) is 96.3 Å². The zero-order chi connectivity index (χ0) is 42.4. The molecule has 4 N–H and O–H groups in total. The summed E-state index contributed by atoms with van der Waals surface area (Å²) in [4.78, 5) is 72.2. The van der Waals surface area contributed by atoms with E-state index in [0.29, 0.717) is 37.6 Å². The number of hydrogen-bond acceptors (Lipinski definition) is 10. The number of aromatic nitrogens is 4. The Morgan fingerprint density at radius 3 is 2.45 bits per heavy atom. The molecule has 0 bridgehead atoms. The maximum absolute atomic E-state index is 14.0. The van der Waals surface area contributed by atoms with Crippen LogP contribution in [0.15, 0.2) is 48.7 Å². The van der Waals surface area contributed by atoms with Gasteiger partial charge in [0.25, 0.3) is 0 Å². The van der Waals surface area contributed by atoms with Gasteiger partial charge in [-0.1, -0.05) is 32.0 Å². The van der Waals surface area contributed by atoms with Crippen molar-refractivity contribution >= 4 is 45.8 Å². The molecule has 0 spiro atoms. The Labute approximate surface area is 347 Å². The Hall–Kier alpha value is -6.16. The minimum Gasteiger partial charge on any atom is -0.488 e. The molecule has 0 saturated carbocycles. The molecule has 0 radical (unpaired) electrons. The van der Waals surface area contributed by atoms with Gasteiger partial charge in [-0.2, -0.15) is 0 Å². The highest BCUT2D eigenvalue weighted by molar-refractivity contribution is 6.07. The van der Waals surface area contributed by atoms with Gasteiger partial charge in [0.15, 0.2) is 0 Å². The zero-order valence-electron chi connectivity index (χ0n) is 35.0. The van der Waals surface area contributed by atoms with Crippen LogP contribution in [0.2, 0.25) is 0 Å². The summed E-state index contributed by atoms with van der Waals surface area (Å²) < 4.78 is 21.4. The molecule has 2 saturated heterocycles. The van der Waals surface area contributed by atoms with E-state index in [9.17, 15) is 19.2 Å². The fourth-order valence-corrected chi connectivity index (χ4v) is 9.06. The number of carbonyl (C=O) groups is 4. The predicted molar refractivity (Wildman–Crippen MR) is 223 cm³/mol. The van der Waals surface area contributed by atoms with Gasteiger partial charge in [0.1, 0.15) is 36.1 Å². The number of H-pyrrole nitrogens is 2. The van der Waals surface area contributed by atoms with Crippen molar-refractivity contribution in [1.82, 2.24) is 40.4 Å². The first-order valence-electron chi connectivity index (χ1n) is 20.5. The topological polar surface area (TPSA) is 193 Å². The molecule has 8 rings (SSSR count). The van der Waals surface area contributed by atoms with Gasteiger partial charge in [0, 0.05) is 30.6 Å². The highest BCUT2D eigenvalue weighted by Gasteiger charge is 2.42. The van der Waals surface area contributed by atoms with Crippen LogP contribution < -0.4 is 15.4 Å². The van der Waals surface area contributed by atoms with Crippen LogP contribution in [0.5, 0.6) is 5.75 Å². The molecule has 16 nitrogen and oxygen atoms in total. The van der Waals surface area contributed by atoms with E-state index in [2.05, 4.69) is 57.9 Å². The summed E-state index contributed by atoms with van der Waals surface area (Å²) in [6.07, 6.45) is 2.62. The lowest BCUT2D eigenvalue weighted by molar-refractivity contribution is -0.138. The zero-order valence-corrected chi connectivity index (χ0v) is 35.0. The Morgan fingerprint density at radius 1 is 0.917 bits per heavy atom. The van der Waals surface area contributed by atoms with E-state index in [4.69, 9.17) is 28.9 Å². The highest BCUT2D eigenvalue weighted by atomic mass is 16.5. The van der Waals surface area contributed by atoms with Gasteiger partial charge in [-0.3, -0.25) is 9.59 Å². The molecule has 3 aliphatic heterocycles. The van der Waals surface area contributed by atoms with Gasteiger partial charge in [0.05, 0.1) is 55.3 Å². The number of aromatic amines is 2. The number of likely N-dealkylation sites (tertiary alicyclic amines) is 2. The number of carbonyl (C=O) groups excluding carboxylic acids is 4. The van der Waals surface area contributed by atoms with Crippen molar-refractivity contribution in [1.29, 1.82) is 0 Å². The van der Waals surface area contributed by atoms with Gasteiger partial charge in [0.2, 0.25) is 11.8 Å². The van der Waals surface area contributed by atoms with E-state index >= 15 is 0 Å². The maximum atomic E-state index is 14.0. The minimum atomic E-state index is -0.929. The fourth-order valence-electron chi connectivity index (χ4n) is 9.06. The van der Waals surface area contributed by atoms with E-state index in [1.807, 2.05) is 30.9 Å². The van der Waals surface area contributed by atoms with Crippen molar-refractivity contribution in [3.63, 3.8) is 0 Å². The second-order valence-corrected chi connectivity index (χ2v) is 16.2. The third kappa shape index (κ3) is 7.37. The molecule has 60 heavy (non-hydrogen) atoms. The summed E-state index contributed by atoms with van der Waals surface area (Å²) in [5, 5.41) is 7.26. The van der Waals surface area contributed by atoms with Crippen LogP contribution >= 0.6 is 0 Å². The lowest BCUT2D eigenvalue weighted by Gasteiger charge is -2.31. The number of fused-ring (bicyclic) bond motifs is 6. The molecular formula is C44H52N8O8. The second kappa shape index (κ2) is 16.5. The molecule has 5 aromatic rings. The average molecular weight is 821 g/mol. The molecule has 5 heterocycles. The molecule has 0 aliphatic carbocycles. The van der Waals surface area contributed by atoms with Crippen LogP contribution in [0, 0.1) is 5.92 Å². The van der Waals surface area contributed by atoms with Crippen LogP contribution in [-0.2, 0) is 30.4 Å². The lowest BCUT2D eigenvalue weighted by Crippen LogP contribution is -2.54. The third-order valence-corrected chi connectivity index (χ3v) is 12.4. The molecule has 1 unspecified atom stereocenters. The van der Waals surface area contributed by atoms with Crippen molar-refractivity contribution in [3.05, 3.63) is 65.9 Å². The Balaban J connectivity index is 1.04. The summed E-state index contributed by atoms with van der Waals surface area (Å²) in [5.74, 6) is 1.94. The monoisotopic (exact) mass is 820 g/mol. The Bertz CT molecular complexity index is 2460. The first-order valence-corrected chi connectivity index (χ1v) is 20.5. The molecule has 16 heteroatoms. The molecule has 3 aliphatic rings. The van der Waals surface area contributed by atoms with Gasteiger partial charge in [-0.25, -0.2) is 19.6 Å². The number of nitrogens with zero attached hydrogens (tertiary/aromatic N) is 4. The van der Waals surface area contributed by atoms with Gasteiger partial charge < -0.3 is 49.3 Å². The number of methoxy groups -OCH3 is 3. The smallest absolute Gasteiger partial charge is 0.407 e. The summed E-state index contributed by atoms with van der Waals surface area (Å²) in [5.41, 5.74) is 6.51. The van der Waals surface area contributed by atoms with Crippen LogP contribution in [0.25, 0.3) is 44.2 Å². The van der Waals surface area contributed by atoms with Crippen LogP contribution in [0.3, 0.4) is 0 Å². The average Bonchev–Trinajstić information content (AvgIpc) is 4.08. The lowest BCUT2D eigenvalue weighted by atomic mass is 9.92. The highest BCUT2D eigenvalue weighted by Crippen LogP contribution is 2.44. The summed E-state index contributed by atoms with van der Waals surface area (Å²) >= 11 is 0. The molecule has 3 aromatic carbocycles. The first-order chi connectivity index (χ1) is 28.9. The normalized spacial score (nSPS) is 21.2. The van der Waals surface area contributed by atoms with E-state index in [-0.39, 0.29) is 35.9 Å². The van der Waals surface area contributed by atoms with E-state index in [1.54, 1.807) is 18.0 Å². The quantitative estimate of drug-likeness (QED) is 0.121. The standard InChI is InChI=1S/C44H52N8O8/c1-8-31(48-43(55)58-6)41(53)52-23(3)9-14-34(52)39-45-19-33(47-39)26-10-12-28-27(16-26)21-60-36-18-29-25(17-30(28)36)11-13-32-38(29)49-40(46-32)35-15-22(2)20-51(35)42(54)37(24(4)57-5)50-44(56)59-7/h10-13,16-19,22-24,31,34-35,37H,8-9,14-15,20-21H2,1-7H3,(H,45,47)(H,46,49)(H,48,55)(H,50,56)/t22-,23-,24+,31?,34-,35-,37-/m0/s1. The summed E-state index contributed by atoms with van der Waals surface area (Å²) in [6.45, 7) is 8.61. The molecule has 316 valence electrons. The molecule has 2 fully saturated rings. The van der Waals surface area contributed by atoms with Gasteiger partial charge in [-0.05, 0) is 91.8 Å². The number of benzene rings is 3. The summed E-state index contributed by atoms with van der Waals surface area (Å²) in [6, 6.07) is 12.4. The Kier molecular flexibility index (Phi) is 11.2. The van der Waals surface area contributed by atoms with Crippen LogP contribution in [0.4, 0.5) is 9.59 Å². The van der Waals surface area contributed by atoms with Crippen LogP contribution in [0.1, 0.15) is 82.7 Å². The number of imidazole rings is 2. The van der Waals surface area contributed by atoms with E-state index < -0.39 is 30.4 Å². The minimum absolute atomic E-state index is 0.00792. The molecular weight excluding hydrogens is 769 g/mol. The number of amides is 4. The predicted octanol–water partition coefficient (Wildman–Crippen LogP) is 6.52. The molecule has 2 aromatic heterocycles.